The van der Waals surface area contributed by atoms with Crippen LogP contribution in [-0.4, -0.2) is 25.0 Å². The van der Waals surface area contributed by atoms with Gasteiger partial charge in [0.25, 0.3) is 5.91 Å². The van der Waals surface area contributed by atoms with Crippen molar-refractivity contribution in [2.75, 3.05) is 24.4 Å². The average Bonchev–Trinajstić information content (AvgIpc) is 2.69. The molecule has 0 saturated carbocycles. The lowest BCUT2D eigenvalue weighted by atomic mass is 10.2. The molecule has 1 aromatic heterocycles. The first-order valence-electron chi connectivity index (χ1n) is 8.74. The summed E-state index contributed by atoms with van der Waals surface area (Å²) in [6.07, 6.45) is 1.71. The zero-order chi connectivity index (χ0) is 19.2. The molecule has 0 saturated heterocycles. The van der Waals surface area contributed by atoms with Crippen molar-refractivity contribution in [1.82, 2.24) is 4.98 Å². The Bertz CT molecular complexity index is 909. The Morgan fingerprint density at radius 2 is 1.89 bits per heavy atom. The second-order valence-electron chi connectivity index (χ2n) is 6.40. The summed E-state index contributed by atoms with van der Waals surface area (Å²) in [7, 11) is 3.58. The maximum atomic E-state index is 12.5. The van der Waals surface area contributed by atoms with E-state index in [4.69, 9.17) is 4.74 Å². The Morgan fingerprint density at radius 1 is 1.11 bits per heavy atom. The van der Waals surface area contributed by atoms with Gasteiger partial charge in [-0.1, -0.05) is 36.4 Å². The third-order valence-electron chi connectivity index (χ3n) is 4.29. The van der Waals surface area contributed by atoms with E-state index in [2.05, 4.69) is 27.3 Å². The molecule has 0 aliphatic carbocycles. The summed E-state index contributed by atoms with van der Waals surface area (Å²) in [5, 5.41) is 2.87. The number of rotatable bonds is 6. The largest absolute Gasteiger partial charge is 0.495 e. The number of amides is 1. The molecule has 3 rings (SSSR count). The van der Waals surface area contributed by atoms with Gasteiger partial charge in [-0.2, -0.15) is 0 Å². The summed E-state index contributed by atoms with van der Waals surface area (Å²) in [4.78, 5) is 18.9. The van der Waals surface area contributed by atoms with E-state index in [0.29, 0.717) is 17.1 Å². The highest BCUT2D eigenvalue weighted by molar-refractivity contribution is 6.03. The molecule has 2 aromatic carbocycles. The third kappa shape index (κ3) is 4.64. The molecule has 3 aromatic rings. The van der Waals surface area contributed by atoms with E-state index in [9.17, 15) is 4.79 Å². The van der Waals surface area contributed by atoms with Crippen molar-refractivity contribution in [2.45, 2.75) is 13.5 Å². The molecule has 0 aliphatic rings. The van der Waals surface area contributed by atoms with E-state index in [1.54, 1.807) is 19.4 Å². The fourth-order valence-corrected chi connectivity index (χ4v) is 2.80. The normalized spacial score (nSPS) is 10.3. The van der Waals surface area contributed by atoms with Crippen molar-refractivity contribution in [2.24, 2.45) is 0 Å². The van der Waals surface area contributed by atoms with Crippen molar-refractivity contribution in [3.63, 3.8) is 0 Å². The summed E-state index contributed by atoms with van der Waals surface area (Å²) in [6, 6.07) is 19.5. The number of carbonyl (C=O) groups is 1. The highest BCUT2D eigenvalue weighted by Crippen LogP contribution is 2.25. The van der Waals surface area contributed by atoms with Crippen LogP contribution in [0, 0.1) is 6.92 Å². The minimum Gasteiger partial charge on any atom is -0.495 e. The van der Waals surface area contributed by atoms with Crippen molar-refractivity contribution in [3.05, 3.63) is 83.7 Å². The molecule has 0 fully saturated rings. The standard InChI is InChI=1S/C22H23N3O2/c1-16-9-12-21(27-3)20(13-16)24-22(26)19-11-10-18(14-23-19)25(2)15-17-7-5-4-6-8-17/h4-14H,15H2,1-3H3,(H,24,26). The van der Waals surface area contributed by atoms with Gasteiger partial charge in [0.2, 0.25) is 0 Å². The van der Waals surface area contributed by atoms with Crippen LogP contribution >= 0.6 is 0 Å². The zero-order valence-electron chi connectivity index (χ0n) is 15.8. The molecular formula is C22H23N3O2. The molecule has 0 aliphatic heterocycles. The summed E-state index contributed by atoms with van der Waals surface area (Å²) >= 11 is 0. The number of nitrogens with zero attached hydrogens (tertiary/aromatic N) is 2. The van der Waals surface area contributed by atoms with Crippen molar-refractivity contribution < 1.29 is 9.53 Å². The molecule has 5 heteroatoms. The second kappa shape index (κ2) is 8.36. The van der Waals surface area contributed by atoms with Gasteiger partial charge in [0.15, 0.2) is 0 Å². The summed E-state index contributed by atoms with van der Waals surface area (Å²) < 4.78 is 5.30. The minimum atomic E-state index is -0.267. The second-order valence-corrected chi connectivity index (χ2v) is 6.40. The number of benzene rings is 2. The van der Waals surface area contributed by atoms with Crippen LogP contribution in [0.3, 0.4) is 0 Å². The molecule has 0 radical (unpaired) electrons. The molecule has 0 spiro atoms. The van der Waals surface area contributed by atoms with Gasteiger partial charge in [0, 0.05) is 13.6 Å². The number of ether oxygens (including phenoxy) is 1. The highest BCUT2D eigenvalue weighted by Gasteiger charge is 2.12. The number of aryl methyl sites for hydroxylation is 1. The number of pyridine rings is 1. The lowest BCUT2D eigenvalue weighted by Crippen LogP contribution is -2.18. The number of carbonyl (C=O) groups excluding carboxylic acids is 1. The van der Waals surface area contributed by atoms with Crippen LogP contribution < -0.4 is 15.0 Å². The predicted octanol–water partition coefficient (Wildman–Crippen LogP) is 4.29. The number of anilines is 2. The molecule has 0 unspecified atom stereocenters. The average molecular weight is 361 g/mol. The van der Waals surface area contributed by atoms with Gasteiger partial charge in [-0.05, 0) is 42.3 Å². The lowest BCUT2D eigenvalue weighted by molar-refractivity contribution is 0.102. The van der Waals surface area contributed by atoms with Crippen LogP contribution in [0.4, 0.5) is 11.4 Å². The van der Waals surface area contributed by atoms with Crippen LogP contribution in [0.15, 0.2) is 66.9 Å². The fourth-order valence-electron chi connectivity index (χ4n) is 2.80. The van der Waals surface area contributed by atoms with Crippen molar-refractivity contribution in [1.29, 1.82) is 0 Å². The molecule has 0 atom stereocenters. The monoisotopic (exact) mass is 361 g/mol. The summed E-state index contributed by atoms with van der Waals surface area (Å²) in [5.41, 5.74) is 4.19. The van der Waals surface area contributed by atoms with E-state index in [-0.39, 0.29) is 5.91 Å². The van der Waals surface area contributed by atoms with Crippen molar-refractivity contribution >= 4 is 17.3 Å². The highest BCUT2D eigenvalue weighted by atomic mass is 16.5. The smallest absolute Gasteiger partial charge is 0.274 e. The first-order valence-corrected chi connectivity index (χ1v) is 8.74. The van der Waals surface area contributed by atoms with Crippen LogP contribution in [0.5, 0.6) is 5.75 Å². The lowest BCUT2D eigenvalue weighted by Gasteiger charge is -2.19. The van der Waals surface area contributed by atoms with E-state index in [0.717, 1.165) is 17.8 Å². The SMILES string of the molecule is COc1ccc(C)cc1NC(=O)c1ccc(N(C)Cc2ccccc2)cn1. The van der Waals surface area contributed by atoms with Gasteiger partial charge >= 0.3 is 0 Å². The van der Waals surface area contributed by atoms with E-state index in [1.807, 2.05) is 56.4 Å². The number of nitrogens with one attached hydrogen (secondary N) is 1. The molecule has 5 nitrogen and oxygen atoms in total. The number of aromatic nitrogens is 1. The molecule has 27 heavy (non-hydrogen) atoms. The van der Waals surface area contributed by atoms with Gasteiger partial charge in [-0.3, -0.25) is 4.79 Å². The van der Waals surface area contributed by atoms with Crippen LogP contribution in [0.25, 0.3) is 0 Å². The first-order chi connectivity index (χ1) is 13.1. The fraction of sp³-hybridized carbons (Fsp3) is 0.182. The van der Waals surface area contributed by atoms with Gasteiger partial charge in [0.05, 0.1) is 24.7 Å². The number of methoxy groups -OCH3 is 1. The van der Waals surface area contributed by atoms with Crippen LogP contribution in [0.1, 0.15) is 21.6 Å². The molecule has 0 bridgehead atoms. The van der Waals surface area contributed by atoms with Gasteiger partial charge in [-0.15, -0.1) is 0 Å². The third-order valence-corrected chi connectivity index (χ3v) is 4.29. The van der Waals surface area contributed by atoms with Crippen molar-refractivity contribution in [3.8, 4) is 5.75 Å². The topological polar surface area (TPSA) is 54.5 Å². The molecular weight excluding hydrogens is 338 g/mol. The molecule has 1 amide bonds. The van der Waals surface area contributed by atoms with E-state index >= 15 is 0 Å². The van der Waals surface area contributed by atoms with Crippen LogP contribution in [0.2, 0.25) is 0 Å². The Hall–Kier alpha value is -3.34. The molecule has 1 N–H and O–H groups in total. The van der Waals surface area contributed by atoms with Crippen LogP contribution in [-0.2, 0) is 6.54 Å². The van der Waals surface area contributed by atoms with Gasteiger partial charge < -0.3 is 15.0 Å². The summed E-state index contributed by atoms with van der Waals surface area (Å²) in [6.45, 7) is 2.74. The Kier molecular flexibility index (Phi) is 5.71. The maximum Gasteiger partial charge on any atom is 0.274 e. The van der Waals surface area contributed by atoms with E-state index in [1.165, 1.54) is 5.56 Å². The Balaban J connectivity index is 1.69. The Labute approximate surface area is 159 Å². The van der Waals surface area contributed by atoms with Gasteiger partial charge in [0.1, 0.15) is 11.4 Å². The summed E-state index contributed by atoms with van der Waals surface area (Å²) in [5.74, 6) is 0.351. The predicted molar refractivity (Wildman–Crippen MR) is 108 cm³/mol. The molecule has 138 valence electrons. The molecule has 1 heterocycles. The first kappa shape index (κ1) is 18.5. The van der Waals surface area contributed by atoms with Gasteiger partial charge in [-0.25, -0.2) is 4.98 Å². The quantitative estimate of drug-likeness (QED) is 0.712. The Morgan fingerprint density at radius 3 is 2.56 bits per heavy atom. The van der Waals surface area contributed by atoms with E-state index < -0.39 is 0 Å². The minimum absolute atomic E-state index is 0.267. The maximum absolute atomic E-state index is 12.5. The zero-order valence-corrected chi connectivity index (χ0v) is 15.8. The number of hydrogen-bond donors (Lipinski definition) is 1. The number of hydrogen-bond acceptors (Lipinski definition) is 4.